The second kappa shape index (κ2) is 11.9. The number of ether oxygens (including phenoxy) is 1. The molecule has 2 aromatic rings. The Morgan fingerprint density at radius 1 is 1.00 bits per heavy atom. The molecule has 2 aliphatic heterocycles. The summed E-state index contributed by atoms with van der Waals surface area (Å²) < 4.78 is 20.3. The van der Waals surface area contributed by atoms with Gasteiger partial charge in [0.2, 0.25) is 17.7 Å². The molecule has 2 aliphatic rings. The maximum atomic E-state index is 15.0. The Balaban J connectivity index is 1.27. The molecule has 0 aliphatic carbocycles. The van der Waals surface area contributed by atoms with E-state index in [2.05, 4.69) is 5.32 Å². The Morgan fingerprint density at radius 3 is 2.28 bits per heavy atom. The van der Waals surface area contributed by atoms with Crippen molar-refractivity contribution in [3.05, 3.63) is 59.4 Å². The molecule has 2 fully saturated rings. The predicted octanol–water partition coefficient (Wildman–Crippen LogP) is 1.70. The van der Waals surface area contributed by atoms with Crippen molar-refractivity contribution in [1.82, 2.24) is 10.2 Å². The van der Waals surface area contributed by atoms with Crippen LogP contribution in [0, 0.1) is 5.82 Å². The molecule has 0 saturated carbocycles. The molecule has 0 bridgehead atoms. The van der Waals surface area contributed by atoms with Gasteiger partial charge >= 0.3 is 6.09 Å². The van der Waals surface area contributed by atoms with Gasteiger partial charge in [-0.1, -0.05) is 12.1 Å². The van der Waals surface area contributed by atoms with Gasteiger partial charge in [0.25, 0.3) is 0 Å². The van der Waals surface area contributed by atoms with Crippen LogP contribution in [0.3, 0.4) is 0 Å². The summed E-state index contributed by atoms with van der Waals surface area (Å²) in [5.74, 6) is -1.68. The van der Waals surface area contributed by atoms with Crippen molar-refractivity contribution in [2.24, 2.45) is 5.73 Å². The summed E-state index contributed by atoms with van der Waals surface area (Å²) >= 11 is 0. The van der Waals surface area contributed by atoms with Crippen molar-refractivity contribution in [3.8, 4) is 0 Å². The summed E-state index contributed by atoms with van der Waals surface area (Å²) in [6, 6.07) is 10.5. The van der Waals surface area contributed by atoms with Crippen molar-refractivity contribution in [1.29, 1.82) is 0 Å². The quantitative estimate of drug-likeness (QED) is 0.462. The number of carbonyl (C=O) groups is 5. The van der Waals surface area contributed by atoms with E-state index in [9.17, 15) is 24.0 Å². The van der Waals surface area contributed by atoms with Gasteiger partial charge in [-0.3, -0.25) is 24.1 Å². The molecule has 4 amide bonds. The summed E-state index contributed by atoms with van der Waals surface area (Å²) in [7, 11) is 0. The number of Topliss-reactive ketones (excluding diaryl/α,β-unsaturated/α-hetero) is 1. The molecule has 0 radical (unpaired) electrons. The molecule has 0 spiro atoms. The van der Waals surface area contributed by atoms with Gasteiger partial charge in [-0.2, -0.15) is 0 Å². The van der Waals surface area contributed by atoms with E-state index in [1.165, 1.54) is 42.2 Å². The van der Waals surface area contributed by atoms with Crippen molar-refractivity contribution in [3.63, 3.8) is 0 Å². The zero-order valence-corrected chi connectivity index (χ0v) is 21.5. The molecule has 1 unspecified atom stereocenters. The fourth-order valence-corrected chi connectivity index (χ4v) is 4.56. The van der Waals surface area contributed by atoms with Crippen molar-refractivity contribution < 1.29 is 33.1 Å². The van der Waals surface area contributed by atoms with Gasteiger partial charge in [-0.05, 0) is 30.3 Å². The first-order valence-electron chi connectivity index (χ1n) is 12.6. The summed E-state index contributed by atoms with van der Waals surface area (Å²) in [4.78, 5) is 64.4. The molecular weight excluding hydrogens is 509 g/mol. The van der Waals surface area contributed by atoms with Crippen molar-refractivity contribution in [2.75, 3.05) is 49.1 Å². The van der Waals surface area contributed by atoms with Gasteiger partial charge in [0.15, 0.2) is 5.78 Å². The maximum absolute atomic E-state index is 15.0. The zero-order chi connectivity index (χ0) is 28.1. The lowest BCUT2D eigenvalue weighted by molar-refractivity contribution is -0.131. The van der Waals surface area contributed by atoms with E-state index >= 15 is 4.39 Å². The topological polar surface area (TPSA) is 142 Å². The molecule has 2 aromatic carbocycles. The van der Waals surface area contributed by atoms with E-state index in [1.54, 1.807) is 17.0 Å². The number of carbonyl (C=O) groups excluding carboxylic acids is 5. The highest BCUT2D eigenvalue weighted by atomic mass is 19.1. The fourth-order valence-electron chi connectivity index (χ4n) is 4.56. The Hall–Kier alpha value is -4.48. The van der Waals surface area contributed by atoms with Crippen LogP contribution in [0.2, 0.25) is 0 Å². The molecule has 3 N–H and O–H groups in total. The van der Waals surface area contributed by atoms with E-state index in [0.29, 0.717) is 48.7 Å². The number of halogens is 1. The molecule has 0 aromatic heterocycles. The number of hydrogen-bond acceptors (Lipinski definition) is 7. The van der Waals surface area contributed by atoms with Crippen LogP contribution >= 0.6 is 0 Å². The van der Waals surface area contributed by atoms with Gasteiger partial charge in [-0.15, -0.1) is 0 Å². The van der Waals surface area contributed by atoms with Gasteiger partial charge in [0.05, 0.1) is 24.5 Å². The summed E-state index contributed by atoms with van der Waals surface area (Å²) in [5, 5.41) is 2.60. The number of piperazine rings is 1. The van der Waals surface area contributed by atoms with Gasteiger partial charge in [-0.25, -0.2) is 9.18 Å². The largest absolute Gasteiger partial charge is 0.442 e. The highest BCUT2D eigenvalue weighted by Gasteiger charge is 2.33. The fraction of sp³-hybridized carbons (Fsp3) is 0.370. The lowest BCUT2D eigenvalue weighted by atomic mass is 10.0. The number of anilines is 2. The number of cyclic esters (lactones) is 1. The average Bonchev–Trinajstić information content (AvgIpc) is 3.30. The minimum absolute atomic E-state index is 0.0374. The Kier molecular flexibility index (Phi) is 8.43. The molecule has 1 atom stereocenters. The molecule has 11 nitrogen and oxygen atoms in total. The number of primary amides is 1. The lowest BCUT2D eigenvalue weighted by Gasteiger charge is -2.36. The van der Waals surface area contributed by atoms with Crippen LogP contribution in [0.25, 0.3) is 0 Å². The van der Waals surface area contributed by atoms with Crippen LogP contribution in [0.1, 0.15) is 40.5 Å². The minimum Gasteiger partial charge on any atom is -0.442 e. The smallest absolute Gasteiger partial charge is 0.414 e. The average molecular weight is 540 g/mol. The number of nitrogens with one attached hydrogen (secondary N) is 1. The molecule has 39 heavy (non-hydrogen) atoms. The van der Waals surface area contributed by atoms with Crippen LogP contribution in [0.15, 0.2) is 42.5 Å². The van der Waals surface area contributed by atoms with Gasteiger partial charge in [0, 0.05) is 57.1 Å². The Labute approximate surface area is 224 Å². The van der Waals surface area contributed by atoms with Crippen LogP contribution in [-0.2, 0) is 14.3 Å². The number of rotatable bonds is 9. The van der Waals surface area contributed by atoms with Gasteiger partial charge in [0.1, 0.15) is 11.9 Å². The third-order valence-electron chi connectivity index (χ3n) is 6.73. The monoisotopic (exact) mass is 539 g/mol. The summed E-state index contributed by atoms with van der Waals surface area (Å²) in [5.41, 5.74) is 6.63. The number of ketones is 1. The number of nitrogens with two attached hydrogens (primary N) is 1. The molecule has 2 saturated heterocycles. The number of hydrogen-bond donors (Lipinski definition) is 2. The standard InChI is InChI=1S/C27H30FN5O6/c1-17(34)30-15-21-16-33(27(38)39-21)20-6-7-23(22(28)14-20)31-10-12-32(13-11-31)25(36)9-8-24(35)18-2-4-19(5-3-18)26(29)37/h2-7,14,21H,8-13,15-16H2,1H3,(H2,29,37)(H,30,34). The van der Waals surface area contributed by atoms with E-state index in [0.717, 1.165) is 0 Å². The van der Waals surface area contributed by atoms with E-state index in [1.807, 2.05) is 4.90 Å². The van der Waals surface area contributed by atoms with E-state index in [-0.39, 0.29) is 43.5 Å². The summed E-state index contributed by atoms with van der Waals surface area (Å²) in [6.07, 6.45) is -1.04. The molecule has 4 rings (SSSR count). The first kappa shape index (κ1) is 27.6. The Bertz CT molecular complexity index is 1280. The van der Waals surface area contributed by atoms with Crippen LogP contribution in [0.4, 0.5) is 20.6 Å². The van der Waals surface area contributed by atoms with Crippen molar-refractivity contribution >= 4 is 41.0 Å². The van der Waals surface area contributed by atoms with E-state index < -0.39 is 23.9 Å². The van der Waals surface area contributed by atoms with Crippen LogP contribution in [-0.4, -0.2) is 79.9 Å². The first-order chi connectivity index (χ1) is 18.6. The van der Waals surface area contributed by atoms with Gasteiger partial charge < -0.3 is 25.6 Å². The second-order valence-corrected chi connectivity index (χ2v) is 9.42. The van der Waals surface area contributed by atoms with Crippen molar-refractivity contribution in [2.45, 2.75) is 25.9 Å². The third-order valence-corrected chi connectivity index (χ3v) is 6.73. The second-order valence-electron chi connectivity index (χ2n) is 9.42. The summed E-state index contributed by atoms with van der Waals surface area (Å²) in [6.45, 7) is 3.33. The van der Waals surface area contributed by atoms with Crippen LogP contribution < -0.4 is 20.9 Å². The maximum Gasteiger partial charge on any atom is 0.414 e. The third kappa shape index (κ3) is 6.70. The molecule has 12 heteroatoms. The molecular formula is C27H30FN5O6. The SMILES string of the molecule is CC(=O)NCC1CN(c2ccc(N3CCN(C(=O)CCC(=O)c4ccc(C(N)=O)cc4)CC3)c(F)c2)C(=O)O1. The predicted molar refractivity (Wildman–Crippen MR) is 140 cm³/mol. The Morgan fingerprint density at radius 2 is 1.67 bits per heavy atom. The zero-order valence-electron chi connectivity index (χ0n) is 21.5. The number of benzene rings is 2. The van der Waals surface area contributed by atoms with Crippen LogP contribution in [0.5, 0.6) is 0 Å². The first-order valence-corrected chi connectivity index (χ1v) is 12.6. The normalized spacial score (nSPS) is 17.1. The highest BCUT2D eigenvalue weighted by Crippen LogP contribution is 2.28. The minimum atomic E-state index is -0.606. The number of nitrogens with zero attached hydrogens (tertiary/aromatic N) is 3. The van der Waals surface area contributed by atoms with E-state index in [4.69, 9.17) is 10.5 Å². The lowest BCUT2D eigenvalue weighted by Crippen LogP contribution is -2.49. The molecule has 2 heterocycles. The number of amides is 4. The molecule has 206 valence electrons. The highest BCUT2D eigenvalue weighted by molar-refractivity contribution is 5.99.